The number of aromatic nitrogens is 1. The summed E-state index contributed by atoms with van der Waals surface area (Å²) >= 11 is 5.38. The quantitative estimate of drug-likeness (QED) is 0.632. The summed E-state index contributed by atoms with van der Waals surface area (Å²) in [4.78, 5) is 17.0. The summed E-state index contributed by atoms with van der Waals surface area (Å²) in [6, 6.07) is 11.5. The molecule has 5 nitrogen and oxygen atoms in total. The number of hydrogen-bond acceptors (Lipinski definition) is 4. The van der Waals surface area contributed by atoms with Gasteiger partial charge in [0.25, 0.3) is 5.91 Å². The van der Waals surface area contributed by atoms with Crippen molar-refractivity contribution in [3.8, 4) is 11.6 Å². The number of carbonyl (C=O) groups excluding carboxylic acids is 1. The van der Waals surface area contributed by atoms with E-state index in [1.165, 1.54) is 5.57 Å². The van der Waals surface area contributed by atoms with Gasteiger partial charge in [-0.25, -0.2) is 4.98 Å². The molecule has 2 aromatic rings. The normalized spacial score (nSPS) is 16.9. The first-order valence-corrected chi connectivity index (χ1v) is 10.6. The fourth-order valence-electron chi connectivity index (χ4n) is 3.73. The molecule has 1 heterocycles. The second-order valence-corrected chi connectivity index (χ2v) is 9.09. The summed E-state index contributed by atoms with van der Waals surface area (Å²) in [5.74, 6) is 1.06. The van der Waals surface area contributed by atoms with Crippen LogP contribution < -0.4 is 15.4 Å². The Labute approximate surface area is 187 Å². The van der Waals surface area contributed by atoms with E-state index in [0.717, 1.165) is 22.5 Å². The molecule has 0 fully saturated rings. The van der Waals surface area contributed by atoms with Crippen molar-refractivity contribution in [2.75, 3.05) is 5.32 Å². The van der Waals surface area contributed by atoms with Gasteiger partial charge >= 0.3 is 0 Å². The molecule has 1 aromatic carbocycles. The molecule has 1 aromatic heterocycles. The molecule has 1 amide bonds. The third kappa shape index (κ3) is 4.44. The highest BCUT2D eigenvalue weighted by Crippen LogP contribution is 2.47. The minimum atomic E-state index is -0.179. The fourth-order valence-corrected chi connectivity index (χ4v) is 3.93. The van der Waals surface area contributed by atoms with Gasteiger partial charge in [0.15, 0.2) is 5.11 Å². The van der Waals surface area contributed by atoms with Crippen molar-refractivity contribution in [1.82, 2.24) is 10.3 Å². The van der Waals surface area contributed by atoms with Gasteiger partial charge in [0, 0.05) is 23.3 Å². The molecule has 1 atom stereocenters. The first-order chi connectivity index (χ1) is 14.8. The number of thiocarbonyl (C=S) groups is 1. The van der Waals surface area contributed by atoms with Crippen LogP contribution in [0.15, 0.2) is 77.5 Å². The highest BCUT2D eigenvalue weighted by Gasteiger charge is 2.41. The average molecular weight is 432 g/mol. The van der Waals surface area contributed by atoms with Crippen LogP contribution in [0.2, 0.25) is 0 Å². The lowest BCUT2D eigenvalue weighted by Crippen LogP contribution is -2.34. The summed E-state index contributed by atoms with van der Waals surface area (Å²) in [5.41, 5.74) is 4.57. The molecule has 0 bridgehead atoms. The number of hydrogen-bond donors (Lipinski definition) is 2. The monoisotopic (exact) mass is 431 g/mol. The van der Waals surface area contributed by atoms with Gasteiger partial charge in [-0.2, -0.15) is 0 Å². The van der Waals surface area contributed by atoms with Crippen molar-refractivity contribution in [2.24, 2.45) is 5.92 Å². The third-order valence-corrected chi connectivity index (χ3v) is 5.51. The molecule has 0 radical (unpaired) electrons. The predicted molar refractivity (Wildman–Crippen MR) is 127 cm³/mol. The first-order valence-electron chi connectivity index (χ1n) is 10.2. The smallest absolute Gasteiger partial charge is 0.254 e. The van der Waals surface area contributed by atoms with Crippen LogP contribution in [0.3, 0.4) is 0 Å². The van der Waals surface area contributed by atoms with Gasteiger partial charge in [-0.05, 0) is 48.3 Å². The molecule has 0 unspecified atom stereocenters. The van der Waals surface area contributed by atoms with Crippen molar-refractivity contribution in [3.63, 3.8) is 0 Å². The van der Waals surface area contributed by atoms with E-state index in [9.17, 15) is 4.79 Å². The van der Waals surface area contributed by atoms with Gasteiger partial charge in [0.1, 0.15) is 11.4 Å². The number of carbonyl (C=O) groups is 1. The van der Waals surface area contributed by atoms with E-state index in [0.29, 0.717) is 11.6 Å². The topological polar surface area (TPSA) is 63.2 Å². The first kappa shape index (κ1) is 21.0. The number of para-hydroxylation sites is 1. The average Bonchev–Trinajstić information content (AvgIpc) is 3.45. The molecule has 0 spiro atoms. The Morgan fingerprint density at radius 2 is 1.94 bits per heavy atom. The van der Waals surface area contributed by atoms with Crippen molar-refractivity contribution >= 4 is 28.9 Å². The molecule has 158 valence electrons. The molecule has 0 saturated heterocycles. The van der Waals surface area contributed by atoms with E-state index in [2.05, 4.69) is 36.4 Å². The number of rotatable bonds is 4. The maximum Gasteiger partial charge on any atom is 0.254 e. The molecule has 0 saturated carbocycles. The molecule has 31 heavy (non-hydrogen) atoms. The molecule has 6 heteroatoms. The Kier molecular flexibility index (Phi) is 5.50. The molecule has 2 aliphatic carbocycles. The van der Waals surface area contributed by atoms with Gasteiger partial charge in [-0.3, -0.25) is 10.1 Å². The molecular formula is C25H25N3O2S. The highest BCUT2D eigenvalue weighted by molar-refractivity contribution is 7.80. The summed E-state index contributed by atoms with van der Waals surface area (Å²) in [5, 5.41) is 6.03. The van der Waals surface area contributed by atoms with Crippen LogP contribution in [-0.4, -0.2) is 16.0 Å². The van der Waals surface area contributed by atoms with Crippen LogP contribution in [0, 0.1) is 5.92 Å². The number of anilines is 1. The zero-order valence-electron chi connectivity index (χ0n) is 18.0. The van der Waals surface area contributed by atoms with E-state index in [-0.39, 0.29) is 22.4 Å². The number of fused-ring (bicyclic) bond motifs is 1. The zero-order valence-corrected chi connectivity index (χ0v) is 18.8. The summed E-state index contributed by atoms with van der Waals surface area (Å²) in [6.07, 6.45) is 7.62. The Morgan fingerprint density at radius 1 is 1.16 bits per heavy atom. The minimum Gasteiger partial charge on any atom is -0.437 e. The second kappa shape index (κ2) is 8.12. The number of amides is 1. The van der Waals surface area contributed by atoms with E-state index < -0.39 is 0 Å². The maximum atomic E-state index is 12.6. The standard InChI is InChI=1S/C25H25N3O2S/c1-15-9-7-10-16-20(15)21(16)22(29)28-24(31)27-18-12-8-14-26-23(18)30-19-13-6-5-11-17(19)25(2,3)4/h5-14,20H,1-4H3,(H2,27,28,29,31)/t20-/m0/s1. The van der Waals surface area contributed by atoms with Crippen molar-refractivity contribution < 1.29 is 9.53 Å². The minimum absolute atomic E-state index is 0.0841. The third-order valence-electron chi connectivity index (χ3n) is 5.31. The van der Waals surface area contributed by atoms with Crippen LogP contribution in [0.25, 0.3) is 0 Å². The van der Waals surface area contributed by atoms with E-state index >= 15 is 0 Å². The van der Waals surface area contributed by atoms with E-state index in [1.54, 1.807) is 12.3 Å². The van der Waals surface area contributed by atoms with E-state index in [1.807, 2.05) is 55.5 Å². The van der Waals surface area contributed by atoms with Gasteiger partial charge in [0.05, 0.1) is 0 Å². The Hall–Kier alpha value is -3.25. The van der Waals surface area contributed by atoms with Crippen molar-refractivity contribution in [3.05, 3.63) is 83.1 Å². The lowest BCUT2D eigenvalue weighted by Gasteiger charge is -2.22. The van der Waals surface area contributed by atoms with Gasteiger partial charge < -0.3 is 10.1 Å². The highest BCUT2D eigenvalue weighted by atomic mass is 32.1. The number of nitrogens with zero attached hydrogens (tertiary/aromatic N) is 1. The van der Waals surface area contributed by atoms with Crippen LogP contribution >= 0.6 is 12.2 Å². The largest absolute Gasteiger partial charge is 0.437 e. The Morgan fingerprint density at radius 3 is 2.68 bits per heavy atom. The molecule has 2 aliphatic rings. The lowest BCUT2D eigenvalue weighted by atomic mass is 9.86. The van der Waals surface area contributed by atoms with Crippen LogP contribution in [-0.2, 0) is 10.2 Å². The Bertz CT molecular complexity index is 1160. The maximum absolute atomic E-state index is 12.6. The zero-order chi connectivity index (χ0) is 22.2. The molecule has 0 aliphatic heterocycles. The summed E-state index contributed by atoms with van der Waals surface area (Å²) < 4.78 is 6.15. The van der Waals surface area contributed by atoms with Crippen LogP contribution in [0.1, 0.15) is 33.3 Å². The van der Waals surface area contributed by atoms with Gasteiger partial charge in [-0.15, -0.1) is 0 Å². The number of allylic oxidation sites excluding steroid dienone is 5. The van der Waals surface area contributed by atoms with Crippen molar-refractivity contribution in [2.45, 2.75) is 33.1 Å². The fraction of sp³-hybridized carbons (Fsp3) is 0.240. The van der Waals surface area contributed by atoms with Gasteiger partial charge in [0.2, 0.25) is 5.88 Å². The van der Waals surface area contributed by atoms with Crippen LogP contribution in [0.5, 0.6) is 11.6 Å². The molecular weight excluding hydrogens is 406 g/mol. The number of nitrogens with one attached hydrogen (secondary N) is 2. The summed E-state index contributed by atoms with van der Waals surface area (Å²) in [7, 11) is 0. The van der Waals surface area contributed by atoms with E-state index in [4.69, 9.17) is 17.0 Å². The predicted octanol–water partition coefficient (Wildman–Crippen LogP) is 5.43. The molecule has 2 N–H and O–H groups in total. The van der Waals surface area contributed by atoms with Gasteiger partial charge in [-0.1, -0.05) is 62.8 Å². The SMILES string of the molecule is CC1=CC=CC2=C(C(=O)NC(=S)Nc3cccnc3Oc3ccccc3C(C)(C)C)[C@@H]12. The number of benzene rings is 1. The molecule has 4 rings (SSSR count). The second-order valence-electron chi connectivity index (χ2n) is 8.68. The number of pyridine rings is 1. The number of ether oxygens (including phenoxy) is 1. The van der Waals surface area contributed by atoms with Crippen LogP contribution in [0.4, 0.5) is 5.69 Å². The van der Waals surface area contributed by atoms with Crippen molar-refractivity contribution in [1.29, 1.82) is 0 Å². The Balaban J connectivity index is 1.47. The lowest BCUT2D eigenvalue weighted by molar-refractivity contribution is -0.115. The summed E-state index contributed by atoms with van der Waals surface area (Å²) in [6.45, 7) is 8.43.